The Morgan fingerprint density at radius 3 is 2.93 bits per heavy atom. The first-order chi connectivity index (χ1) is 14.3. The SMILES string of the molecule is Cn1nc(-c2cnc3[nH]cc(C(=O)NC(C)(C)CCCN)c3n2)c2ccc(F)cc21. The van der Waals surface area contributed by atoms with Crippen molar-refractivity contribution in [2.45, 2.75) is 32.2 Å². The number of hydrogen-bond acceptors (Lipinski definition) is 5. The Morgan fingerprint density at radius 1 is 1.37 bits per heavy atom. The third-order valence-electron chi connectivity index (χ3n) is 5.14. The van der Waals surface area contributed by atoms with E-state index in [0.717, 1.165) is 18.2 Å². The van der Waals surface area contributed by atoms with Crippen LogP contribution in [0.15, 0.2) is 30.6 Å². The molecule has 3 heterocycles. The minimum Gasteiger partial charge on any atom is -0.347 e. The number of H-pyrrole nitrogens is 1. The van der Waals surface area contributed by atoms with Crippen LogP contribution in [0.5, 0.6) is 0 Å². The molecular weight excluding hydrogens is 385 g/mol. The molecule has 1 aromatic carbocycles. The number of carbonyl (C=O) groups excluding carboxylic acids is 1. The summed E-state index contributed by atoms with van der Waals surface area (Å²) in [5.74, 6) is -0.567. The molecule has 156 valence electrons. The number of nitrogens with zero attached hydrogens (tertiary/aromatic N) is 4. The lowest BCUT2D eigenvalue weighted by Crippen LogP contribution is -2.43. The van der Waals surface area contributed by atoms with Crippen LogP contribution < -0.4 is 11.1 Å². The fourth-order valence-electron chi connectivity index (χ4n) is 3.58. The summed E-state index contributed by atoms with van der Waals surface area (Å²) in [6.07, 6.45) is 4.79. The van der Waals surface area contributed by atoms with Gasteiger partial charge in [0, 0.05) is 24.2 Å². The molecule has 9 heteroatoms. The van der Waals surface area contributed by atoms with E-state index < -0.39 is 5.54 Å². The highest BCUT2D eigenvalue weighted by Gasteiger charge is 2.24. The number of aryl methyl sites for hydroxylation is 1. The highest BCUT2D eigenvalue weighted by atomic mass is 19.1. The zero-order chi connectivity index (χ0) is 21.5. The van der Waals surface area contributed by atoms with Crippen molar-refractivity contribution in [1.29, 1.82) is 0 Å². The predicted molar refractivity (Wildman–Crippen MR) is 113 cm³/mol. The van der Waals surface area contributed by atoms with Crippen molar-refractivity contribution in [3.63, 3.8) is 0 Å². The van der Waals surface area contributed by atoms with Gasteiger partial charge in [-0.25, -0.2) is 14.4 Å². The average molecular weight is 409 g/mol. The van der Waals surface area contributed by atoms with Gasteiger partial charge in [-0.05, 0) is 51.4 Å². The number of fused-ring (bicyclic) bond motifs is 2. The topological polar surface area (TPSA) is 115 Å². The van der Waals surface area contributed by atoms with Gasteiger partial charge in [0.2, 0.25) is 0 Å². The number of halogens is 1. The highest BCUT2D eigenvalue weighted by Crippen LogP contribution is 2.28. The molecule has 0 atom stereocenters. The molecule has 0 aliphatic carbocycles. The Balaban J connectivity index is 1.73. The smallest absolute Gasteiger partial charge is 0.255 e. The number of nitrogens with two attached hydrogens (primary N) is 1. The standard InChI is InChI=1S/C21H24FN7O/c1-21(2,7-4-8-23)27-20(30)14-10-24-19-18(14)26-15(11-25-19)17-13-6-5-12(22)9-16(13)29(3)28-17/h5-6,9-11H,4,7-8,23H2,1-3H3,(H,24,25)(H,27,30). The van der Waals surface area contributed by atoms with Crippen molar-refractivity contribution in [2.24, 2.45) is 12.8 Å². The first kappa shape index (κ1) is 20.0. The fraction of sp³-hybridized carbons (Fsp3) is 0.333. The van der Waals surface area contributed by atoms with Gasteiger partial charge in [-0.2, -0.15) is 5.10 Å². The molecule has 4 N–H and O–H groups in total. The third kappa shape index (κ3) is 3.63. The molecule has 3 aromatic heterocycles. The molecule has 0 fully saturated rings. The quantitative estimate of drug-likeness (QED) is 0.453. The highest BCUT2D eigenvalue weighted by molar-refractivity contribution is 6.05. The summed E-state index contributed by atoms with van der Waals surface area (Å²) in [5.41, 5.74) is 8.32. The summed E-state index contributed by atoms with van der Waals surface area (Å²) in [7, 11) is 1.75. The molecule has 4 rings (SSSR count). The van der Waals surface area contributed by atoms with E-state index in [2.05, 4.69) is 25.4 Å². The van der Waals surface area contributed by atoms with Gasteiger partial charge in [-0.15, -0.1) is 0 Å². The minimum absolute atomic E-state index is 0.234. The van der Waals surface area contributed by atoms with Crippen LogP contribution in [-0.2, 0) is 7.05 Å². The Morgan fingerprint density at radius 2 is 2.17 bits per heavy atom. The second-order valence-corrected chi connectivity index (χ2v) is 8.02. The molecule has 4 aromatic rings. The number of carbonyl (C=O) groups is 1. The van der Waals surface area contributed by atoms with E-state index in [1.807, 2.05) is 13.8 Å². The van der Waals surface area contributed by atoms with Crippen LogP contribution in [-0.4, -0.2) is 42.7 Å². The molecule has 0 unspecified atom stereocenters. The molecule has 0 spiro atoms. The molecule has 0 saturated carbocycles. The van der Waals surface area contributed by atoms with Gasteiger partial charge in [0.05, 0.1) is 17.3 Å². The van der Waals surface area contributed by atoms with Crippen molar-refractivity contribution < 1.29 is 9.18 Å². The largest absolute Gasteiger partial charge is 0.347 e. The van der Waals surface area contributed by atoms with Crippen molar-refractivity contribution in [2.75, 3.05) is 6.54 Å². The fourth-order valence-corrected chi connectivity index (χ4v) is 3.58. The molecular formula is C21H24FN7O. The van der Waals surface area contributed by atoms with E-state index in [-0.39, 0.29) is 11.7 Å². The van der Waals surface area contributed by atoms with Crippen molar-refractivity contribution >= 4 is 28.0 Å². The van der Waals surface area contributed by atoms with Gasteiger partial charge in [-0.1, -0.05) is 0 Å². The number of aromatic nitrogens is 5. The maximum Gasteiger partial charge on any atom is 0.255 e. The lowest BCUT2D eigenvalue weighted by atomic mass is 9.98. The lowest BCUT2D eigenvalue weighted by molar-refractivity contribution is 0.0910. The van der Waals surface area contributed by atoms with Crippen LogP contribution in [0.1, 0.15) is 37.0 Å². The second-order valence-electron chi connectivity index (χ2n) is 8.02. The zero-order valence-electron chi connectivity index (χ0n) is 17.2. The number of rotatable bonds is 6. The number of benzene rings is 1. The van der Waals surface area contributed by atoms with Crippen LogP contribution in [0.2, 0.25) is 0 Å². The van der Waals surface area contributed by atoms with E-state index in [1.54, 1.807) is 30.2 Å². The number of nitrogens with one attached hydrogen (secondary N) is 2. The summed E-state index contributed by atoms with van der Waals surface area (Å²) in [6.45, 7) is 4.50. The summed E-state index contributed by atoms with van der Waals surface area (Å²) in [6, 6.07) is 4.48. The van der Waals surface area contributed by atoms with Crippen LogP contribution in [0.3, 0.4) is 0 Å². The summed E-state index contributed by atoms with van der Waals surface area (Å²) >= 11 is 0. The molecule has 30 heavy (non-hydrogen) atoms. The first-order valence-corrected chi connectivity index (χ1v) is 9.78. The molecule has 8 nitrogen and oxygen atoms in total. The molecule has 0 aliphatic heterocycles. The zero-order valence-corrected chi connectivity index (χ0v) is 17.2. The predicted octanol–water partition coefficient (Wildman–Crippen LogP) is 2.90. The molecule has 0 aliphatic rings. The monoisotopic (exact) mass is 409 g/mol. The first-order valence-electron chi connectivity index (χ1n) is 9.78. The Bertz CT molecular complexity index is 1240. The maximum atomic E-state index is 13.6. The van der Waals surface area contributed by atoms with Crippen LogP contribution in [0, 0.1) is 5.82 Å². The summed E-state index contributed by atoms with van der Waals surface area (Å²) < 4.78 is 15.2. The van der Waals surface area contributed by atoms with E-state index in [1.165, 1.54) is 12.1 Å². The van der Waals surface area contributed by atoms with Gasteiger partial charge in [-0.3, -0.25) is 9.48 Å². The Kier molecular flexibility index (Phi) is 4.98. The van der Waals surface area contributed by atoms with Crippen molar-refractivity contribution in [1.82, 2.24) is 30.0 Å². The molecule has 0 saturated heterocycles. The number of aromatic amines is 1. The van der Waals surface area contributed by atoms with Crippen LogP contribution in [0.4, 0.5) is 4.39 Å². The normalized spacial score (nSPS) is 12.0. The van der Waals surface area contributed by atoms with E-state index in [9.17, 15) is 9.18 Å². The Labute approximate surface area is 172 Å². The van der Waals surface area contributed by atoms with E-state index >= 15 is 0 Å². The third-order valence-corrected chi connectivity index (χ3v) is 5.14. The van der Waals surface area contributed by atoms with Crippen LogP contribution >= 0.6 is 0 Å². The van der Waals surface area contributed by atoms with Gasteiger partial charge < -0.3 is 16.0 Å². The average Bonchev–Trinajstić information content (AvgIpc) is 3.27. The molecule has 1 amide bonds. The van der Waals surface area contributed by atoms with E-state index in [0.29, 0.717) is 40.2 Å². The van der Waals surface area contributed by atoms with Gasteiger partial charge in [0.25, 0.3) is 5.91 Å². The maximum absolute atomic E-state index is 13.6. The summed E-state index contributed by atoms with van der Waals surface area (Å²) in [4.78, 5) is 25.0. The van der Waals surface area contributed by atoms with Gasteiger partial charge >= 0.3 is 0 Å². The minimum atomic E-state index is -0.396. The lowest BCUT2D eigenvalue weighted by Gasteiger charge is -2.25. The van der Waals surface area contributed by atoms with Crippen LogP contribution in [0.25, 0.3) is 33.5 Å². The summed E-state index contributed by atoms with van der Waals surface area (Å²) in [5, 5.41) is 8.29. The second kappa shape index (κ2) is 7.49. The van der Waals surface area contributed by atoms with Crippen molar-refractivity contribution in [3.8, 4) is 11.4 Å². The van der Waals surface area contributed by atoms with Gasteiger partial charge in [0.1, 0.15) is 22.7 Å². The number of amides is 1. The van der Waals surface area contributed by atoms with E-state index in [4.69, 9.17) is 5.73 Å². The Hall–Kier alpha value is -3.33. The molecule has 0 radical (unpaired) electrons. The number of hydrogen-bond donors (Lipinski definition) is 3. The van der Waals surface area contributed by atoms with Crippen molar-refractivity contribution in [3.05, 3.63) is 42.0 Å². The molecule has 0 bridgehead atoms. The van der Waals surface area contributed by atoms with Gasteiger partial charge in [0.15, 0.2) is 5.65 Å².